The second-order valence-corrected chi connectivity index (χ2v) is 10.8. The molecule has 3 rings (SSSR count). The van der Waals surface area contributed by atoms with Crippen molar-refractivity contribution in [3.05, 3.63) is 71.3 Å². The Hall–Kier alpha value is -7.32. The molecule has 0 bridgehead atoms. The van der Waals surface area contributed by atoms with E-state index in [1.807, 2.05) is 0 Å². The Morgan fingerprint density at radius 3 is 1.04 bits per heavy atom. The number of ether oxygens (including phenoxy) is 9. The van der Waals surface area contributed by atoms with E-state index in [0.29, 0.717) is 17.2 Å². The van der Waals surface area contributed by atoms with Crippen LogP contribution in [0.1, 0.15) is 43.9 Å². The van der Waals surface area contributed by atoms with E-state index in [4.69, 9.17) is 42.6 Å². The fourth-order valence-corrected chi connectivity index (χ4v) is 4.44. The summed E-state index contributed by atoms with van der Waals surface area (Å²) in [6, 6.07) is 12.5. The maximum Gasteiger partial charge on any atom is 0.549 e. The van der Waals surface area contributed by atoms with E-state index < -0.39 is 62.1 Å². The first-order valence-electron chi connectivity index (χ1n) is 16.3. The van der Waals surface area contributed by atoms with Crippen LogP contribution in [0.5, 0.6) is 34.5 Å². The lowest BCUT2D eigenvalue weighted by atomic mass is 10.0. The molecule has 3 aromatic rings. The molecule has 0 spiro atoms. The maximum atomic E-state index is 12.5. The quantitative estimate of drug-likeness (QED) is 0.0735. The fraction of sp³-hybridized carbons (Fsp3) is 0.333. The number of hydrogen-bond acceptors (Lipinski definition) is 21. The van der Waals surface area contributed by atoms with Gasteiger partial charge in [-0.25, -0.2) is 43.7 Å². The standard InChI is InChI=1S/C36H38O21/c1-43-22-7-10-25(28(17-22)46-4)31(37)52-55-34(40)49-15-13-21(20-51-36(42)57-54-33(39)27-12-9-24(45-3)19-30(27)48-6)14-16-50-35(41)56-53-32(38)26-11-8-23(44-2)18-29(26)47-5/h7-12,17-19,21H,13-16,20H2,1-6H3. The van der Waals surface area contributed by atoms with Gasteiger partial charge in [-0.1, -0.05) is 0 Å². The van der Waals surface area contributed by atoms with Gasteiger partial charge < -0.3 is 42.6 Å². The molecule has 0 aromatic heterocycles. The summed E-state index contributed by atoms with van der Waals surface area (Å²) in [6.07, 6.45) is -4.41. The number of methoxy groups -OCH3 is 6. The van der Waals surface area contributed by atoms with Gasteiger partial charge in [0.25, 0.3) is 0 Å². The van der Waals surface area contributed by atoms with Crippen LogP contribution in [0.4, 0.5) is 14.4 Å². The summed E-state index contributed by atoms with van der Waals surface area (Å²) in [4.78, 5) is 101. The number of benzene rings is 3. The molecule has 0 aliphatic rings. The molecule has 0 atom stereocenters. The van der Waals surface area contributed by atoms with Gasteiger partial charge in [0, 0.05) is 18.2 Å². The van der Waals surface area contributed by atoms with Gasteiger partial charge in [-0.2, -0.15) is 14.4 Å². The average molecular weight is 807 g/mol. The van der Waals surface area contributed by atoms with Gasteiger partial charge in [0.15, 0.2) is 0 Å². The number of rotatable bonds is 17. The van der Waals surface area contributed by atoms with Gasteiger partial charge >= 0.3 is 36.4 Å². The Bertz CT molecular complexity index is 1770. The van der Waals surface area contributed by atoms with Gasteiger partial charge in [-0.05, 0) is 55.2 Å². The van der Waals surface area contributed by atoms with Crippen molar-refractivity contribution >= 4 is 36.4 Å². The highest BCUT2D eigenvalue weighted by molar-refractivity contribution is 5.94. The number of carbonyl (C=O) groups excluding carboxylic acids is 6. The normalized spacial score (nSPS) is 10.2. The van der Waals surface area contributed by atoms with E-state index in [9.17, 15) is 28.8 Å². The Kier molecular flexibility index (Phi) is 17.6. The SMILES string of the molecule is COc1ccc(C(=O)OOC(=O)OCCC(CCOC(=O)OOC(=O)c2ccc(OC)cc2OC)COC(=O)OOC(=O)c2ccc(OC)cc2OC)c(OC)c1. The first kappa shape index (κ1) is 44.1. The second kappa shape index (κ2) is 22.8. The Morgan fingerprint density at radius 1 is 0.421 bits per heavy atom. The van der Waals surface area contributed by atoms with E-state index >= 15 is 0 Å². The largest absolute Gasteiger partial charge is 0.549 e. The molecule has 0 unspecified atom stereocenters. The smallest absolute Gasteiger partial charge is 0.497 e. The zero-order valence-electron chi connectivity index (χ0n) is 31.4. The second-order valence-electron chi connectivity index (χ2n) is 10.8. The molecule has 3 aromatic carbocycles. The molecule has 0 aliphatic heterocycles. The van der Waals surface area contributed by atoms with Gasteiger partial charge in [-0.15, -0.1) is 0 Å². The molecule has 57 heavy (non-hydrogen) atoms. The van der Waals surface area contributed by atoms with Crippen LogP contribution in [0.15, 0.2) is 54.6 Å². The van der Waals surface area contributed by atoms with E-state index in [1.54, 1.807) is 0 Å². The summed E-state index contributed by atoms with van der Waals surface area (Å²) in [6.45, 7) is -1.26. The van der Waals surface area contributed by atoms with Crippen LogP contribution >= 0.6 is 0 Å². The van der Waals surface area contributed by atoms with Gasteiger partial charge in [0.1, 0.15) is 51.2 Å². The highest BCUT2D eigenvalue weighted by atomic mass is 17.2. The molecule has 0 radical (unpaired) electrons. The highest BCUT2D eigenvalue weighted by Crippen LogP contribution is 2.27. The third-order valence-corrected chi connectivity index (χ3v) is 7.37. The molecule has 21 nitrogen and oxygen atoms in total. The van der Waals surface area contributed by atoms with Crippen molar-refractivity contribution in [1.29, 1.82) is 0 Å². The zero-order valence-corrected chi connectivity index (χ0v) is 31.4. The summed E-state index contributed by atoms with van der Waals surface area (Å²) >= 11 is 0. The van der Waals surface area contributed by atoms with E-state index in [0.717, 1.165) is 0 Å². The van der Waals surface area contributed by atoms with Gasteiger partial charge in [-0.3, -0.25) is 0 Å². The molecular weight excluding hydrogens is 768 g/mol. The van der Waals surface area contributed by atoms with Crippen molar-refractivity contribution in [2.75, 3.05) is 62.5 Å². The first-order chi connectivity index (χ1) is 27.5. The van der Waals surface area contributed by atoms with Crippen LogP contribution in [0.2, 0.25) is 0 Å². The number of carbonyl (C=O) groups is 6. The van der Waals surface area contributed by atoms with Crippen molar-refractivity contribution in [3.63, 3.8) is 0 Å². The summed E-state index contributed by atoms with van der Waals surface area (Å²) in [5, 5.41) is 0. The Morgan fingerprint density at radius 2 is 0.737 bits per heavy atom. The third-order valence-electron chi connectivity index (χ3n) is 7.37. The van der Waals surface area contributed by atoms with Crippen LogP contribution in [0.3, 0.4) is 0 Å². The zero-order chi connectivity index (χ0) is 41.7. The average Bonchev–Trinajstić information content (AvgIpc) is 3.24. The summed E-state index contributed by atoms with van der Waals surface area (Å²) in [5.41, 5.74) is -0.268. The summed E-state index contributed by atoms with van der Waals surface area (Å²) in [5.74, 6) is -2.62. The molecule has 308 valence electrons. The van der Waals surface area contributed by atoms with E-state index in [1.165, 1.54) is 97.3 Å². The molecule has 0 saturated carbocycles. The molecule has 0 heterocycles. The van der Waals surface area contributed by atoms with E-state index in [2.05, 4.69) is 29.3 Å². The minimum Gasteiger partial charge on any atom is -0.497 e. The van der Waals surface area contributed by atoms with Crippen LogP contribution < -0.4 is 28.4 Å². The Balaban J connectivity index is 1.53. The molecule has 21 heteroatoms. The molecule has 0 amide bonds. The van der Waals surface area contributed by atoms with Crippen molar-refractivity contribution in [2.45, 2.75) is 12.8 Å². The Labute approximate surface area is 324 Å². The highest BCUT2D eigenvalue weighted by Gasteiger charge is 2.23. The summed E-state index contributed by atoms with van der Waals surface area (Å²) in [7, 11) is 8.14. The minimum absolute atomic E-state index is 0.0684. The molecule has 0 saturated heterocycles. The number of hydrogen-bond donors (Lipinski definition) is 0. The first-order valence-corrected chi connectivity index (χ1v) is 16.3. The van der Waals surface area contributed by atoms with Gasteiger partial charge in [0.2, 0.25) is 0 Å². The van der Waals surface area contributed by atoms with Gasteiger partial charge in [0.05, 0.1) is 62.5 Å². The van der Waals surface area contributed by atoms with Crippen LogP contribution in [-0.2, 0) is 43.5 Å². The van der Waals surface area contributed by atoms with Crippen molar-refractivity contribution < 1.29 is 101 Å². The van der Waals surface area contributed by atoms with Crippen LogP contribution in [0.25, 0.3) is 0 Å². The molecule has 0 N–H and O–H groups in total. The molecule has 0 aliphatic carbocycles. The monoisotopic (exact) mass is 806 g/mol. The van der Waals surface area contributed by atoms with Crippen LogP contribution in [0, 0.1) is 5.92 Å². The minimum atomic E-state index is -1.44. The van der Waals surface area contributed by atoms with Crippen LogP contribution in [-0.4, -0.2) is 98.9 Å². The molecular formula is C36H38O21. The fourth-order valence-electron chi connectivity index (χ4n) is 4.44. The third kappa shape index (κ3) is 13.8. The van der Waals surface area contributed by atoms with Crippen molar-refractivity contribution in [2.24, 2.45) is 5.92 Å². The predicted molar refractivity (Wildman–Crippen MR) is 185 cm³/mol. The lowest BCUT2D eigenvalue weighted by molar-refractivity contribution is -0.206. The topological polar surface area (TPSA) is 241 Å². The lowest BCUT2D eigenvalue weighted by Crippen LogP contribution is -2.22. The lowest BCUT2D eigenvalue weighted by Gasteiger charge is -2.16. The molecule has 0 fully saturated rings. The summed E-state index contributed by atoms with van der Waals surface area (Å²) < 4.78 is 45.4. The van der Waals surface area contributed by atoms with E-state index in [-0.39, 0.29) is 46.8 Å². The maximum absolute atomic E-state index is 12.5. The van der Waals surface area contributed by atoms with Crippen molar-refractivity contribution in [1.82, 2.24) is 0 Å². The predicted octanol–water partition coefficient (Wildman–Crippen LogP) is 5.21. The van der Waals surface area contributed by atoms with Crippen molar-refractivity contribution in [3.8, 4) is 34.5 Å².